The number of primary amides is 1. The molecule has 23 heavy (non-hydrogen) atoms. The van der Waals surface area contributed by atoms with E-state index in [2.05, 4.69) is 18.9 Å². The predicted molar refractivity (Wildman–Crippen MR) is 90.5 cm³/mol. The van der Waals surface area contributed by atoms with Gasteiger partial charge in [0.05, 0.1) is 10.6 Å². The Hall–Kier alpha value is -1.89. The van der Waals surface area contributed by atoms with Crippen LogP contribution in [0.5, 0.6) is 0 Å². The highest BCUT2D eigenvalue weighted by Gasteiger charge is 2.28. The van der Waals surface area contributed by atoms with Crippen molar-refractivity contribution in [1.82, 2.24) is 14.7 Å². The fraction of sp³-hybridized carbons (Fsp3) is 0.562. The van der Waals surface area contributed by atoms with E-state index in [1.54, 1.807) is 0 Å². The zero-order valence-electron chi connectivity index (χ0n) is 13.7. The first-order valence-electron chi connectivity index (χ1n) is 7.93. The SMILES string of the molecule is CC(C)c1nn(C)c2sc(C(=O)N3CCC(C(N)=O)CC3)cc12. The van der Waals surface area contributed by atoms with Crippen molar-refractivity contribution < 1.29 is 9.59 Å². The lowest BCUT2D eigenvalue weighted by Crippen LogP contribution is -2.41. The molecule has 0 aliphatic carbocycles. The zero-order chi connectivity index (χ0) is 16.7. The minimum absolute atomic E-state index is 0.0452. The number of thiophene rings is 1. The Labute approximate surface area is 139 Å². The Kier molecular flexibility index (Phi) is 4.14. The average Bonchev–Trinajstić information content (AvgIpc) is 3.07. The summed E-state index contributed by atoms with van der Waals surface area (Å²) < 4.78 is 1.85. The summed E-state index contributed by atoms with van der Waals surface area (Å²) in [5.74, 6) is 0.0104. The Balaban J connectivity index is 1.82. The van der Waals surface area contributed by atoms with Crippen LogP contribution in [-0.4, -0.2) is 39.6 Å². The van der Waals surface area contributed by atoms with Crippen LogP contribution >= 0.6 is 11.3 Å². The van der Waals surface area contributed by atoms with Gasteiger partial charge in [-0.25, -0.2) is 0 Å². The lowest BCUT2D eigenvalue weighted by Gasteiger charge is -2.30. The molecule has 0 unspecified atom stereocenters. The van der Waals surface area contributed by atoms with E-state index in [9.17, 15) is 9.59 Å². The summed E-state index contributed by atoms with van der Waals surface area (Å²) in [6, 6.07) is 1.96. The zero-order valence-corrected chi connectivity index (χ0v) is 14.5. The van der Waals surface area contributed by atoms with Gasteiger partial charge < -0.3 is 10.6 Å². The third-order valence-electron chi connectivity index (χ3n) is 4.48. The monoisotopic (exact) mass is 334 g/mol. The summed E-state index contributed by atoms with van der Waals surface area (Å²) in [7, 11) is 1.91. The van der Waals surface area contributed by atoms with Crippen molar-refractivity contribution in [2.75, 3.05) is 13.1 Å². The number of nitrogens with zero attached hydrogens (tertiary/aromatic N) is 3. The van der Waals surface area contributed by atoms with Gasteiger partial charge in [0, 0.05) is 31.4 Å². The molecule has 0 aromatic carbocycles. The molecule has 2 aromatic heterocycles. The molecule has 3 heterocycles. The van der Waals surface area contributed by atoms with Gasteiger partial charge in [-0.3, -0.25) is 14.3 Å². The van der Waals surface area contributed by atoms with Gasteiger partial charge in [-0.05, 0) is 24.8 Å². The van der Waals surface area contributed by atoms with Gasteiger partial charge >= 0.3 is 0 Å². The number of piperidine rings is 1. The fourth-order valence-corrected chi connectivity index (χ4v) is 4.17. The summed E-state index contributed by atoms with van der Waals surface area (Å²) in [5.41, 5.74) is 6.38. The summed E-state index contributed by atoms with van der Waals surface area (Å²) in [6.45, 7) is 5.40. The molecule has 1 aliphatic rings. The van der Waals surface area contributed by atoms with Gasteiger partial charge in [0.15, 0.2) is 0 Å². The van der Waals surface area contributed by atoms with Crippen molar-refractivity contribution in [2.45, 2.75) is 32.6 Å². The van der Waals surface area contributed by atoms with Crippen molar-refractivity contribution in [3.8, 4) is 0 Å². The molecule has 1 aliphatic heterocycles. The number of likely N-dealkylation sites (tertiary alicyclic amines) is 1. The van der Waals surface area contributed by atoms with Gasteiger partial charge in [0.1, 0.15) is 4.83 Å². The van der Waals surface area contributed by atoms with Crippen LogP contribution in [0.1, 0.15) is 48.0 Å². The molecule has 6 nitrogen and oxygen atoms in total. The van der Waals surface area contributed by atoms with Crippen LogP contribution in [-0.2, 0) is 11.8 Å². The largest absolute Gasteiger partial charge is 0.369 e. The summed E-state index contributed by atoms with van der Waals surface area (Å²) in [5, 5.41) is 5.61. The molecule has 3 rings (SSSR count). The number of fused-ring (bicyclic) bond motifs is 1. The van der Waals surface area contributed by atoms with Crippen LogP contribution in [0.25, 0.3) is 10.2 Å². The van der Waals surface area contributed by atoms with Crippen LogP contribution in [0.3, 0.4) is 0 Å². The number of nitrogens with two attached hydrogens (primary N) is 1. The predicted octanol–water partition coefficient (Wildman–Crippen LogP) is 2.10. The molecule has 2 N–H and O–H groups in total. The number of rotatable bonds is 3. The van der Waals surface area contributed by atoms with E-state index in [1.807, 2.05) is 22.7 Å². The van der Waals surface area contributed by atoms with E-state index < -0.39 is 0 Å². The van der Waals surface area contributed by atoms with Gasteiger partial charge in [-0.15, -0.1) is 11.3 Å². The minimum atomic E-state index is -0.258. The van der Waals surface area contributed by atoms with Gasteiger partial charge in [-0.2, -0.15) is 5.10 Å². The topological polar surface area (TPSA) is 81.2 Å². The first kappa shape index (κ1) is 16.0. The highest BCUT2D eigenvalue weighted by atomic mass is 32.1. The first-order chi connectivity index (χ1) is 10.9. The Bertz CT molecular complexity index is 754. The number of aromatic nitrogens is 2. The molecule has 1 saturated heterocycles. The van der Waals surface area contributed by atoms with Crippen LogP contribution in [0.2, 0.25) is 0 Å². The highest BCUT2D eigenvalue weighted by Crippen LogP contribution is 2.32. The molecular formula is C16H22N4O2S. The summed E-state index contributed by atoms with van der Waals surface area (Å²) >= 11 is 1.49. The van der Waals surface area contributed by atoms with E-state index in [0.29, 0.717) is 31.8 Å². The standard InChI is InChI=1S/C16H22N4O2S/c1-9(2)13-11-8-12(23-16(11)19(3)18-13)15(22)20-6-4-10(5-7-20)14(17)21/h8-10H,4-7H2,1-3H3,(H2,17,21). The molecule has 1 fully saturated rings. The van der Waals surface area contributed by atoms with Crippen LogP contribution in [0, 0.1) is 5.92 Å². The third kappa shape index (κ3) is 2.85. The smallest absolute Gasteiger partial charge is 0.264 e. The first-order valence-corrected chi connectivity index (χ1v) is 8.75. The maximum Gasteiger partial charge on any atom is 0.264 e. The molecule has 2 amide bonds. The second-order valence-corrected chi connectivity index (χ2v) is 7.49. The molecule has 7 heteroatoms. The fourth-order valence-electron chi connectivity index (χ4n) is 3.12. The number of hydrogen-bond donors (Lipinski definition) is 1. The number of aryl methyl sites for hydroxylation is 1. The van der Waals surface area contributed by atoms with Gasteiger partial charge in [-0.1, -0.05) is 13.8 Å². The van der Waals surface area contributed by atoms with Crippen molar-refractivity contribution in [3.63, 3.8) is 0 Å². The van der Waals surface area contributed by atoms with E-state index in [-0.39, 0.29) is 17.7 Å². The number of hydrogen-bond acceptors (Lipinski definition) is 4. The minimum Gasteiger partial charge on any atom is -0.369 e. The van der Waals surface area contributed by atoms with Gasteiger partial charge in [0.2, 0.25) is 5.91 Å². The Morgan fingerprint density at radius 3 is 2.57 bits per heavy atom. The maximum atomic E-state index is 12.7. The lowest BCUT2D eigenvalue weighted by atomic mass is 9.96. The second-order valence-electron chi connectivity index (χ2n) is 6.46. The molecule has 2 aromatic rings. The highest BCUT2D eigenvalue weighted by molar-refractivity contribution is 7.20. The summed E-state index contributed by atoms with van der Waals surface area (Å²) in [6.07, 6.45) is 1.32. The van der Waals surface area contributed by atoms with E-state index in [1.165, 1.54) is 11.3 Å². The van der Waals surface area contributed by atoms with Crippen molar-refractivity contribution in [2.24, 2.45) is 18.7 Å². The van der Waals surface area contributed by atoms with Crippen LogP contribution in [0.15, 0.2) is 6.07 Å². The maximum absolute atomic E-state index is 12.7. The van der Waals surface area contributed by atoms with Crippen LogP contribution < -0.4 is 5.73 Å². The van der Waals surface area contributed by atoms with Gasteiger partial charge in [0.25, 0.3) is 5.91 Å². The quantitative estimate of drug-likeness (QED) is 0.933. The molecule has 0 bridgehead atoms. The molecular weight excluding hydrogens is 312 g/mol. The average molecular weight is 334 g/mol. The second kappa shape index (κ2) is 5.96. The third-order valence-corrected chi connectivity index (χ3v) is 5.67. The van der Waals surface area contributed by atoms with Crippen molar-refractivity contribution in [1.29, 1.82) is 0 Å². The van der Waals surface area contributed by atoms with Crippen molar-refractivity contribution >= 4 is 33.4 Å². The van der Waals surface area contributed by atoms with E-state index in [0.717, 1.165) is 20.8 Å². The number of carbonyl (C=O) groups is 2. The molecule has 0 saturated carbocycles. The number of carbonyl (C=O) groups excluding carboxylic acids is 2. The Morgan fingerprint density at radius 1 is 1.35 bits per heavy atom. The normalized spacial score (nSPS) is 16.4. The molecule has 0 spiro atoms. The van der Waals surface area contributed by atoms with E-state index in [4.69, 9.17) is 5.73 Å². The van der Waals surface area contributed by atoms with Crippen molar-refractivity contribution in [3.05, 3.63) is 16.6 Å². The Morgan fingerprint density at radius 2 is 2.00 bits per heavy atom. The number of amides is 2. The molecule has 0 atom stereocenters. The molecule has 0 radical (unpaired) electrons. The van der Waals surface area contributed by atoms with E-state index >= 15 is 0 Å². The molecule has 124 valence electrons. The van der Waals surface area contributed by atoms with Crippen LogP contribution in [0.4, 0.5) is 0 Å². The summed E-state index contributed by atoms with van der Waals surface area (Å²) in [4.78, 5) is 27.6. The lowest BCUT2D eigenvalue weighted by molar-refractivity contribution is -0.123.